The molecule has 12 heavy (non-hydrogen) atoms. The second-order valence-electron chi connectivity index (χ2n) is 2.57. The van der Waals surface area contributed by atoms with Gasteiger partial charge in [-0.15, -0.1) is 0 Å². The van der Waals surface area contributed by atoms with Crippen molar-refractivity contribution >= 4 is 5.82 Å². The summed E-state index contributed by atoms with van der Waals surface area (Å²) in [6.07, 6.45) is 1.54. The molecule has 0 saturated heterocycles. The van der Waals surface area contributed by atoms with E-state index in [1.807, 2.05) is 0 Å². The third kappa shape index (κ3) is 1.31. The van der Waals surface area contributed by atoms with Crippen LogP contribution in [0.1, 0.15) is 5.69 Å². The van der Waals surface area contributed by atoms with Gasteiger partial charge in [-0.05, 0) is 0 Å². The van der Waals surface area contributed by atoms with Crippen molar-refractivity contribution in [2.24, 2.45) is 0 Å². The number of nitrogen functional groups attached to an aromatic ring is 1. The van der Waals surface area contributed by atoms with E-state index in [0.29, 0.717) is 24.8 Å². The summed E-state index contributed by atoms with van der Waals surface area (Å²) in [6, 6.07) is 0. The molecule has 3 N–H and O–H groups in total. The Bertz CT molecular complexity index is 289. The first kappa shape index (κ1) is 7.30. The summed E-state index contributed by atoms with van der Waals surface area (Å²) in [5.41, 5.74) is 6.28. The van der Waals surface area contributed by atoms with Crippen LogP contribution >= 0.6 is 0 Å². The first-order valence-corrected chi connectivity index (χ1v) is 3.81. The molecule has 0 saturated carbocycles. The number of rotatable bonds is 0. The van der Waals surface area contributed by atoms with Crippen molar-refractivity contribution in [2.75, 3.05) is 18.9 Å². The Balaban J connectivity index is 2.36. The maximum Gasteiger partial charge on any atom is 0.239 e. The van der Waals surface area contributed by atoms with Crippen LogP contribution in [-0.2, 0) is 6.54 Å². The molecule has 0 amide bonds. The van der Waals surface area contributed by atoms with E-state index in [1.54, 1.807) is 0 Å². The van der Waals surface area contributed by atoms with E-state index in [2.05, 4.69) is 15.3 Å². The lowest BCUT2D eigenvalue weighted by atomic mass is 10.4. The van der Waals surface area contributed by atoms with Gasteiger partial charge >= 0.3 is 0 Å². The van der Waals surface area contributed by atoms with Crippen LogP contribution in [-0.4, -0.2) is 23.1 Å². The SMILES string of the molecule is Nc1cnc2c(n1)OCCNC2. The van der Waals surface area contributed by atoms with E-state index in [0.717, 1.165) is 12.2 Å². The van der Waals surface area contributed by atoms with Crippen molar-refractivity contribution in [2.45, 2.75) is 6.54 Å². The van der Waals surface area contributed by atoms with Gasteiger partial charge in [0.2, 0.25) is 5.88 Å². The van der Waals surface area contributed by atoms with Gasteiger partial charge in [-0.2, -0.15) is 4.98 Å². The molecule has 1 aliphatic rings. The molecule has 1 aromatic rings. The minimum Gasteiger partial charge on any atom is -0.475 e. The van der Waals surface area contributed by atoms with Gasteiger partial charge in [-0.3, -0.25) is 4.98 Å². The van der Waals surface area contributed by atoms with Crippen LogP contribution in [0.2, 0.25) is 0 Å². The first-order chi connectivity index (χ1) is 5.86. The van der Waals surface area contributed by atoms with Crippen molar-refractivity contribution in [1.82, 2.24) is 15.3 Å². The molecule has 0 aliphatic carbocycles. The smallest absolute Gasteiger partial charge is 0.239 e. The molecule has 0 bridgehead atoms. The third-order valence-electron chi connectivity index (χ3n) is 1.64. The lowest BCUT2D eigenvalue weighted by Crippen LogP contribution is -2.16. The molecule has 0 spiro atoms. The third-order valence-corrected chi connectivity index (χ3v) is 1.64. The number of nitrogens with zero attached hydrogens (tertiary/aromatic N) is 2. The molecule has 1 aliphatic heterocycles. The highest BCUT2D eigenvalue weighted by atomic mass is 16.5. The van der Waals surface area contributed by atoms with Crippen LogP contribution < -0.4 is 15.8 Å². The number of hydrogen-bond donors (Lipinski definition) is 2. The predicted molar refractivity (Wildman–Crippen MR) is 43.6 cm³/mol. The van der Waals surface area contributed by atoms with Gasteiger partial charge in [-0.25, -0.2) is 0 Å². The van der Waals surface area contributed by atoms with Crippen LogP contribution in [0, 0.1) is 0 Å². The molecule has 0 radical (unpaired) electrons. The Morgan fingerprint density at radius 3 is 3.42 bits per heavy atom. The zero-order valence-corrected chi connectivity index (χ0v) is 6.58. The number of fused-ring (bicyclic) bond motifs is 1. The Hall–Kier alpha value is -1.36. The normalized spacial score (nSPS) is 16.0. The maximum absolute atomic E-state index is 5.46. The number of anilines is 1. The number of nitrogens with one attached hydrogen (secondary N) is 1. The molecule has 2 rings (SSSR count). The molecule has 2 heterocycles. The van der Waals surface area contributed by atoms with Gasteiger partial charge in [0.25, 0.3) is 0 Å². The fraction of sp³-hybridized carbons (Fsp3) is 0.429. The van der Waals surface area contributed by atoms with Gasteiger partial charge in [0, 0.05) is 13.1 Å². The number of ether oxygens (including phenoxy) is 1. The van der Waals surface area contributed by atoms with Crippen molar-refractivity contribution in [1.29, 1.82) is 0 Å². The molecular weight excluding hydrogens is 156 g/mol. The molecule has 0 unspecified atom stereocenters. The summed E-state index contributed by atoms with van der Waals surface area (Å²) in [6.45, 7) is 2.13. The zero-order valence-electron chi connectivity index (χ0n) is 6.58. The van der Waals surface area contributed by atoms with Crippen LogP contribution in [0.4, 0.5) is 5.82 Å². The number of aromatic nitrogens is 2. The second kappa shape index (κ2) is 2.94. The molecule has 5 heteroatoms. The fourth-order valence-electron chi connectivity index (χ4n) is 1.07. The Morgan fingerprint density at radius 2 is 2.50 bits per heavy atom. The van der Waals surface area contributed by atoms with Crippen molar-refractivity contribution in [3.05, 3.63) is 11.9 Å². The monoisotopic (exact) mass is 166 g/mol. The Kier molecular flexibility index (Phi) is 1.79. The van der Waals surface area contributed by atoms with Gasteiger partial charge in [-0.1, -0.05) is 0 Å². The van der Waals surface area contributed by atoms with E-state index in [1.165, 1.54) is 6.20 Å². The number of hydrogen-bond acceptors (Lipinski definition) is 5. The molecule has 64 valence electrons. The first-order valence-electron chi connectivity index (χ1n) is 3.81. The molecular formula is C7H10N4O. The zero-order chi connectivity index (χ0) is 8.39. The van der Waals surface area contributed by atoms with E-state index < -0.39 is 0 Å². The lowest BCUT2D eigenvalue weighted by Gasteiger charge is -2.03. The van der Waals surface area contributed by atoms with Gasteiger partial charge < -0.3 is 15.8 Å². The average molecular weight is 166 g/mol. The van der Waals surface area contributed by atoms with E-state index in [9.17, 15) is 0 Å². The quantitative estimate of drug-likeness (QED) is 0.545. The highest BCUT2D eigenvalue weighted by Gasteiger charge is 2.10. The van der Waals surface area contributed by atoms with Crippen LogP contribution in [0.15, 0.2) is 6.20 Å². The minimum absolute atomic E-state index is 0.399. The summed E-state index contributed by atoms with van der Waals surface area (Å²) < 4.78 is 5.31. The Morgan fingerprint density at radius 1 is 1.58 bits per heavy atom. The van der Waals surface area contributed by atoms with E-state index in [4.69, 9.17) is 10.5 Å². The van der Waals surface area contributed by atoms with Crippen molar-refractivity contribution in [3.63, 3.8) is 0 Å². The van der Waals surface area contributed by atoms with Crippen LogP contribution in [0.5, 0.6) is 5.88 Å². The van der Waals surface area contributed by atoms with Gasteiger partial charge in [0.1, 0.15) is 18.1 Å². The summed E-state index contributed by atoms with van der Waals surface area (Å²) in [4.78, 5) is 8.13. The van der Waals surface area contributed by atoms with Crippen molar-refractivity contribution < 1.29 is 4.74 Å². The topological polar surface area (TPSA) is 73.1 Å². The molecule has 5 nitrogen and oxygen atoms in total. The largest absolute Gasteiger partial charge is 0.475 e. The lowest BCUT2D eigenvalue weighted by molar-refractivity contribution is 0.313. The number of nitrogens with two attached hydrogens (primary N) is 1. The van der Waals surface area contributed by atoms with Crippen LogP contribution in [0.3, 0.4) is 0 Å². The molecule has 0 fully saturated rings. The van der Waals surface area contributed by atoms with Crippen LogP contribution in [0.25, 0.3) is 0 Å². The highest BCUT2D eigenvalue weighted by molar-refractivity contribution is 5.31. The van der Waals surface area contributed by atoms with Crippen molar-refractivity contribution in [3.8, 4) is 5.88 Å². The molecule has 0 aromatic carbocycles. The fourth-order valence-corrected chi connectivity index (χ4v) is 1.07. The molecule has 1 aromatic heterocycles. The van der Waals surface area contributed by atoms with E-state index in [-0.39, 0.29) is 0 Å². The van der Waals surface area contributed by atoms with Gasteiger partial charge in [0.15, 0.2) is 0 Å². The second-order valence-corrected chi connectivity index (χ2v) is 2.57. The minimum atomic E-state index is 0.399. The highest BCUT2D eigenvalue weighted by Crippen LogP contribution is 2.15. The standard InChI is InChI=1S/C7H10N4O/c8-6-4-10-5-3-9-1-2-12-7(5)11-6/h4,9H,1-3H2,(H2,8,11). The Labute approximate surface area is 70.0 Å². The molecule has 0 atom stereocenters. The van der Waals surface area contributed by atoms with Gasteiger partial charge in [0.05, 0.1) is 6.20 Å². The summed E-state index contributed by atoms with van der Waals surface area (Å²) in [5.74, 6) is 0.954. The van der Waals surface area contributed by atoms with E-state index >= 15 is 0 Å². The average Bonchev–Trinajstić information content (AvgIpc) is 2.28. The predicted octanol–water partition coefficient (Wildman–Crippen LogP) is -0.459. The summed E-state index contributed by atoms with van der Waals surface area (Å²) in [5, 5.41) is 3.15. The summed E-state index contributed by atoms with van der Waals surface area (Å²) in [7, 11) is 0. The summed E-state index contributed by atoms with van der Waals surface area (Å²) >= 11 is 0. The maximum atomic E-state index is 5.46.